The number of hydrogen-bond acceptors (Lipinski definition) is 3. The molecule has 1 unspecified atom stereocenters. The Morgan fingerprint density at radius 2 is 2.45 bits per heavy atom. The first-order chi connectivity index (χ1) is 5.25. The van der Waals surface area contributed by atoms with Gasteiger partial charge in [0.15, 0.2) is 0 Å². The van der Waals surface area contributed by atoms with Crippen LogP contribution in [0.25, 0.3) is 0 Å². The van der Waals surface area contributed by atoms with Gasteiger partial charge < -0.3 is 9.84 Å². The number of esters is 1. The number of cyclic esters (lactones) is 1. The fourth-order valence-electron chi connectivity index (χ4n) is 1.08. The summed E-state index contributed by atoms with van der Waals surface area (Å²) in [7, 11) is 0. The van der Waals surface area contributed by atoms with Gasteiger partial charge in [-0.25, -0.2) is 0 Å². The van der Waals surface area contributed by atoms with Crippen LogP contribution in [0.15, 0.2) is 12.0 Å². The van der Waals surface area contributed by atoms with Crippen LogP contribution < -0.4 is 0 Å². The van der Waals surface area contributed by atoms with Gasteiger partial charge in [0.25, 0.3) is 0 Å². The van der Waals surface area contributed by atoms with Gasteiger partial charge in [0.2, 0.25) is 0 Å². The van der Waals surface area contributed by atoms with Crippen molar-refractivity contribution in [3.8, 4) is 0 Å². The number of aliphatic hydroxyl groups is 1. The van der Waals surface area contributed by atoms with E-state index in [4.69, 9.17) is 5.11 Å². The first kappa shape index (κ1) is 8.11. The van der Waals surface area contributed by atoms with Crippen molar-refractivity contribution in [1.82, 2.24) is 0 Å². The molecule has 0 aromatic rings. The highest BCUT2D eigenvalue weighted by Crippen LogP contribution is 2.23. The van der Waals surface area contributed by atoms with Gasteiger partial charge in [0.05, 0.1) is 0 Å². The molecule has 11 heavy (non-hydrogen) atoms. The first-order valence-electron chi connectivity index (χ1n) is 3.85. The predicted octanol–water partition coefficient (Wildman–Crippen LogP) is 1.75. The topological polar surface area (TPSA) is 46.5 Å². The Bertz CT molecular complexity index is 184. The van der Waals surface area contributed by atoms with Crippen molar-refractivity contribution in [3.05, 3.63) is 12.0 Å². The molecule has 0 saturated heterocycles. The van der Waals surface area contributed by atoms with Crippen LogP contribution in [0.4, 0.5) is 0 Å². The SMILES string of the molecule is CCCCC1C(=O)OC=C1O. The van der Waals surface area contributed by atoms with Gasteiger partial charge in [-0.1, -0.05) is 19.8 Å². The van der Waals surface area contributed by atoms with E-state index in [0.29, 0.717) is 6.42 Å². The molecule has 1 aliphatic heterocycles. The number of carbonyl (C=O) groups is 1. The molecule has 1 heterocycles. The van der Waals surface area contributed by atoms with Crippen molar-refractivity contribution in [3.63, 3.8) is 0 Å². The van der Waals surface area contributed by atoms with Crippen molar-refractivity contribution < 1.29 is 14.6 Å². The third-order valence-corrected chi connectivity index (χ3v) is 1.78. The lowest BCUT2D eigenvalue weighted by atomic mass is 10.0. The maximum Gasteiger partial charge on any atom is 0.321 e. The van der Waals surface area contributed by atoms with Crippen LogP contribution in [-0.2, 0) is 9.53 Å². The Kier molecular flexibility index (Phi) is 2.52. The lowest BCUT2D eigenvalue weighted by Gasteiger charge is -2.04. The molecule has 62 valence electrons. The fraction of sp³-hybridized carbons (Fsp3) is 0.625. The molecule has 1 N–H and O–H groups in total. The van der Waals surface area contributed by atoms with Crippen LogP contribution in [0, 0.1) is 5.92 Å². The molecule has 1 aliphatic rings. The van der Waals surface area contributed by atoms with Gasteiger partial charge in [0, 0.05) is 0 Å². The second kappa shape index (κ2) is 3.42. The Morgan fingerprint density at radius 1 is 1.73 bits per heavy atom. The van der Waals surface area contributed by atoms with Crippen molar-refractivity contribution >= 4 is 5.97 Å². The lowest BCUT2D eigenvalue weighted by molar-refractivity contribution is -0.139. The third-order valence-electron chi connectivity index (χ3n) is 1.78. The Balaban J connectivity index is 2.43. The minimum atomic E-state index is -0.394. The molecule has 0 fully saturated rings. The van der Waals surface area contributed by atoms with Gasteiger partial charge in [0.1, 0.15) is 17.9 Å². The van der Waals surface area contributed by atoms with E-state index in [1.807, 2.05) is 6.92 Å². The second-order valence-electron chi connectivity index (χ2n) is 2.67. The number of aliphatic hydroxyl groups excluding tert-OH is 1. The van der Waals surface area contributed by atoms with Gasteiger partial charge in [-0.3, -0.25) is 4.79 Å². The van der Waals surface area contributed by atoms with E-state index in [1.54, 1.807) is 0 Å². The molecule has 0 aromatic heterocycles. The first-order valence-corrected chi connectivity index (χ1v) is 3.85. The molecular formula is C8H12O3. The zero-order chi connectivity index (χ0) is 8.27. The molecule has 0 bridgehead atoms. The van der Waals surface area contributed by atoms with E-state index < -0.39 is 5.92 Å². The van der Waals surface area contributed by atoms with Gasteiger partial charge in [-0.15, -0.1) is 0 Å². The molecule has 0 amide bonds. The van der Waals surface area contributed by atoms with Crippen molar-refractivity contribution in [2.45, 2.75) is 26.2 Å². The van der Waals surface area contributed by atoms with E-state index >= 15 is 0 Å². The summed E-state index contributed by atoms with van der Waals surface area (Å²) < 4.78 is 4.52. The number of carbonyl (C=O) groups excluding carboxylic acids is 1. The number of ether oxygens (including phenoxy) is 1. The normalized spacial score (nSPS) is 23.2. The molecule has 1 rings (SSSR count). The summed E-state index contributed by atoms with van der Waals surface area (Å²) in [5.74, 6) is -0.644. The van der Waals surface area contributed by atoms with Crippen molar-refractivity contribution in [2.24, 2.45) is 5.92 Å². The molecular weight excluding hydrogens is 144 g/mol. The highest BCUT2D eigenvalue weighted by Gasteiger charge is 2.28. The summed E-state index contributed by atoms with van der Waals surface area (Å²) in [6.07, 6.45) is 3.79. The van der Waals surface area contributed by atoms with Crippen molar-refractivity contribution in [1.29, 1.82) is 0 Å². The molecule has 3 nitrogen and oxygen atoms in total. The van der Waals surface area contributed by atoms with E-state index in [0.717, 1.165) is 19.1 Å². The molecule has 3 heteroatoms. The Labute approximate surface area is 65.7 Å². The number of rotatable bonds is 3. The standard InChI is InChI=1S/C8H12O3/c1-2-3-4-6-7(9)5-11-8(6)10/h5-6,9H,2-4H2,1H3. The lowest BCUT2D eigenvalue weighted by Crippen LogP contribution is -2.11. The average Bonchev–Trinajstić information content (AvgIpc) is 2.29. The van der Waals surface area contributed by atoms with E-state index in [9.17, 15) is 4.79 Å². The third kappa shape index (κ3) is 1.73. The maximum atomic E-state index is 10.9. The van der Waals surface area contributed by atoms with Gasteiger partial charge in [-0.05, 0) is 6.42 Å². The molecule has 0 aliphatic carbocycles. The summed E-state index contributed by atoms with van der Waals surface area (Å²) >= 11 is 0. The van der Waals surface area contributed by atoms with Crippen LogP contribution >= 0.6 is 0 Å². The van der Waals surface area contributed by atoms with E-state index in [2.05, 4.69) is 4.74 Å². The van der Waals surface area contributed by atoms with Crippen LogP contribution in [0.3, 0.4) is 0 Å². The Hall–Kier alpha value is -0.990. The zero-order valence-electron chi connectivity index (χ0n) is 6.54. The maximum absolute atomic E-state index is 10.9. The molecule has 0 aromatic carbocycles. The van der Waals surface area contributed by atoms with E-state index in [1.165, 1.54) is 0 Å². The largest absolute Gasteiger partial charge is 0.508 e. The van der Waals surface area contributed by atoms with Crippen molar-refractivity contribution in [2.75, 3.05) is 0 Å². The summed E-state index contributed by atoms with van der Waals surface area (Å²) in [5, 5.41) is 9.10. The predicted molar refractivity (Wildman–Crippen MR) is 39.8 cm³/mol. The molecule has 0 spiro atoms. The van der Waals surface area contributed by atoms with Gasteiger partial charge >= 0.3 is 5.97 Å². The summed E-state index contributed by atoms with van der Waals surface area (Å²) in [6.45, 7) is 2.04. The van der Waals surface area contributed by atoms with Crippen LogP contribution in [0.2, 0.25) is 0 Å². The number of hydrogen-bond donors (Lipinski definition) is 1. The zero-order valence-corrected chi connectivity index (χ0v) is 6.54. The molecule has 1 atom stereocenters. The highest BCUT2D eigenvalue weighted by atomic mass is 16.5. The summed E-state index contributed by atoms with van der Waals surface area (Å²) in [6, 6.07) is 0. The fourth-order valence-corrected chi connectivity index (χ4v) is 1.08. The number of unbranched alkanes of at least 4 members (excludes halogenated alkanes) is 1. The highest BCUT2D eigenvalue weighted by molar-refractivity contribution is 5.78. The monoisotopic (exact) mass is 156 g/mol. The minimum absolute atomic E-state index is 0.0726. The second-order valence-corrected chi connectivity index (χ2v) is 2.67. The van der Waals surface area contributed by atoms with Crippen LogP contribution in [0.1, 0.15) is 26.2 Å². The smallest absolute Gasteiger partial charge is 0.321 e. The van der Waals surface area contributed by atoms with E-state index in [-0.39, 0.29) is 11.7 Å². The quantitative estimate of drug-likeness (QED) is 0.633. The molecule has 0 radical (unpaired) electrons. The Morgan fingerprint density at radius 3 is 2.91 bits per heavy atom. The van der Waals surface area contributed by atoms with Crippen LogP contribution in [0.5, 0.6) is 0 Å². The summed E-state index contributed by atoms with van der Waals surface area (Å²) in [4.78, 5) is 10.9. The minimum Gasteiger partial charge on any atom is -0.508 e. The summed E-state index contributed by atoms with van der Waals surface area (Å²) in [5.41, 5.74) is 0. The van der Waals surface area contributed by atoms with Gasteiger partial charge in [-0.2, -0.15) is 0 Å². The van der Waals surface area contributed by atoms with Crippen LogP contribution in [-0.4, -0.2) is 11.1 Å². The molecule has 0 saturated carbocycles. The average molecular weight is 156 g/mol.